The van der Waals surface area contributed by atoms with E-state index in [1.807, 2.05) is 41.0 Å². The predicted molar refractivity (Wildman–Crippen MR) is 133 cm³/mol. The van der Waals surface area contributed by atoms with Crippen molar-refractivity contribution in [1.82, 2.24) is 14.8 Å². The maximum Gasteiger partial charge on any atom is 0.234 e. The van der Waals surface area contributed by atoms with Crippen LogP contribution in [-0.4, -0.2) is 26.4 Å². The van der Waals surface area contributed by atoms with Crippen LogP contribution in [0.15, 0.2) is 60.3 Å². The van der Waals surface area contributed by atoms with Gasteiger partial charge in [0.25, 0.3) is 0 Å². The van der Waals surface area contributed by atoms with Crippen LogP contribution in [0.1, 0.15) is 30.9 Å². The fourth-order valence-corrected chi connectivity index (χ4v) is 4.42. The fraction of sp³-hybridized carbons (Fsp3) is 0.261. The summed E-state index contributed by atoms with van der Waals surface area (Å²) >= 11 is 3.67. The number of anilines is 1. The Kier molecular flexibility index (Phi) is 7.71. The van der Waals surface area contributed by atoms with Crippen LogP contribution < -0.4 is 5.32 Å². The van der Waals surface area contributed by atoms with Gasteiger partial charge in [0.2, 0.25) is 5.91 Å². The Hall–Kier alpha value is -2.13. The van der Waals surface area contributed by atoms with Gasteiger partial charge in [-0.15, -0.1) is 16.8 Å². The van der Waals surface area contributed by atoms with Crippen molar-refractivity contribution in [1.29, 1.82) is 0 Å². The lowest BCUT2D eigenvalue weighted by Gasteiger charge is -2.14. The fourth-order valence-electron chi connectivity index (χ4n) is 3.15. The third-order valence-electron chi connectivity index (χ3n) is 4.66. The molecule has 0 atom stereocenters. The highest BCUT2D eigenvalue weighted by molar-refractivity contribution is 14.1. The van der Waals surface area contributed by atoms with Crippen LogP contribution in [-0.2, 0) is 11.3 Å². The average Bonchev–Trinajstić information content (AvgIpc) is 3.10. The van der Waals surface area contributed by atoms with E-state index in [4.69, 9.17) is 0 Å². The summed E-state index contributed by atoms with van der Waals surface area (Å²) in [4.78, 5) is 12.6. The van der Waals surface area contributed by atoms with Crippen molar-refractivity contribution >= 4 is 45.9 Å². The maximum atomic E-state index is 12.6. The van der Waals surface area contributed by atoms with Crippen LogP contribution in [0.4, 0.5) is 5.69 Å². The standard InChI is InChI=1S/C23H25IN4OS/c1-5-12-28-22(18-9-7-6-8-16(18)4)26-27-23(28)30-14-21(29)25-20-11-10-17(24)13-19(20)15(2)3/h5-11,13,15H,1,12,14H2,2-4H3,(H,25,29). The zero-order valence-electron chi connectivity index (χ0n) is 17.4. The van der Waals surface area contributed by atoms with Crippen molar-refractivity contribution in [2.75, 3.05) is 11.1 Å². The van der Waals surface area contributed by atoms with Gasteiger partial charge in [-0.1, -0.05) is 56.0 Å². The number of amides is 1. The second-order valence-electron chi connectivity index (χ2n) is 7.24. The lowest BCUT2D eigenvalue weighted by atomic mass is 10.0. The van der Waals surface area contributed by atoms with Crippen LogP contribution in [0.5, 0.6) is 0 Å². The topological polar surface area (TPSA) is 59.8 Å². The molecule has 0 bridgehead atoms. The smallest absolute Gasteiger partial charge is 0.234 e. The van der Waals surface area contributed by atoms with Crippen LogP contribution in [0, 0.1) is 10.5 Å². The van der Waals surface area contributed by atoms with E-state index in [1.54, 1.807) is 0 Å². The maximum absolute atomic E-state index is 12.6. The largest absolute Gasteiger partial charge is 0.325 e. The van der Waals surface area contributed by atoms with Gasteiger partial charge in [0.05, 0.1) is 5.75 Å². The zero-order valence-corrected chi connectivity index (χ0v) is 20.3. The van der Waals surface area contributed by atoms with Gasteiger partial charge in [-0.2, -0.15) is 0 Å². The second kappa shape index (κ2) is 10.3. The number of hydrogen-bond acceptors (Lipinski definition) is 4. The van der Waals surface area contributed by atoms with Gasteiger partial charge in [-0.3, -0.25) is 9.36 Å². The molecule has 1 amide bonds. The van der Waals surface area contributed by atoms with Gasteiger partial charge in [0, 0.05) is 21.4 Å². The minimum Gasteiger partial charge on any atom is -0.325 e. The molecule has 0 saturated heterocycles. The number of aryl methyl sites for hydroxylation is 1. The molecule has 3 aromatic rings. The molecule has 0 spiro atoms. The average molecular weight is 532 g/mol. The van der Waals surface area contributed by atoms with E-state index in [1.165, 1.54) is 11.8 Å². The van der Waals surface area contributed by atoms with E-state index >= 15 is 0 Å². The molecule has 5 nitrogen and oxygen atoms in total. The molecule has 30 heavy (non-hydrogen) atoms. The van der Waals surface area contributed by atoms with E-state index in [9.17, 15) is 4.79 Å². The molecule has 156 valence electrons. The Bertz CT molecular complexity index is 1060. The van der Waals surface area contributed by atoms with E-state index in [0.29, 0.717) is 17.6 Å². The summed E-state index contributed by atoms with van der Waals surface area (Å²) in [6.45, 7) is 10.7. The molecule has 0 aliphatic carbocycles. The van der Waals surface area contributed by atoms with Crippen molar-refractivity contribution in [2.45, 2.75) is 38.4 Å². The Morgan fingerprint density at radius 3 is 2.73 bits per heavy atom. The Morgan fingerprint density at radius 1 is 1.27 bits per heavy atom. The lowest BCUT2D eigenvalue weighted by molar-refractivity contribution is -0.113. The van der Waals surface area contributed by atoms with Gasteiger partial charge >= 0.3 is 0 Å². The predicted octanol–water partition coefficient (Wildman–Crippen LogP) is 5.90. The van der Waals surface area contributed by atoms with Crippen LogP contribution >= 0.6 is 34.4 Å². The summed E-state index contributed by atoms with van der Waals surface area (Å²) in [7, 11) is 0. The number of hydrogen-bond donors (Lipinski definition) is 1. The van der Waals surface area contributed by atoms with Crippen molar-refractivity contribution in [2.24, 2.45) is 0 Å². The van der Waals surface area contributed by atoms with Crippen molar-refractivity contribution in [3.05, 3.63) is 69.8 Å². The second-order valence-corrected chi connectivity index (χ2v) is 9.43. The number of rotatable bonds is 8. The molecule has 0 aliphatic rings. The zero-order chi connectivity index (χ0) is 21.7. The molecule has 0 saturated carbocycles. The monoisotopic (exact) mass is 532 g/mol. The molecule has 0 unspecified atom stereocenters. The third-order valence-corrected chi connectivity index (χ3v) is 6.29. The number of benzene rings is 2. The van der Waals surface area contributed by atoms with Gasteiger partial charge in [0.15, 0.2) is 11.0 Å². The SMILES string of the molecule is C=CCn1c(SCC(=O)Nc2ccc(I)cc2C(C)C)nnc1-c1ccccc1C. The molecule has 1 heterocycles. The number of nitrogens with one attached hydrogen (secondary N) is 1. The molecule has 1 N–H and O–H groups in total. The first kappa shape index (κ1) is 22.6. The summed E-state index contributed by atoms with van der Waals surface area (Å²) in [5.41, 5.74) is 4.16. The van der Waals surface area contributed by atoms with Crippen LogP contribution in [0.25, 0.3) is 11.4 Å². The van der Waals surface area contributed by atoms with Gasteiger partial charge in [-0.25, -0.2) is 0 Å². The van der Waals surface area contributed by atoms with E-state index in [2.05, 4.69) is 77.6 Å². The summed E-state index contributed by atoms with van der Waals surface area (Å²) in [5.74, 6) is 1.31. The van der Waals surface area contributed by atoms with Crippen molar-refractivity contribution in [3.8, 4) is 11.4 Å². The Morgan fingerprint density at radius 2 is 2.03 bits per heavy atom. The summed E-state index contributed by atoms with van der Waals surface area (Å²) in [5, 5.41) is 12.5. The van der Waals surface area contributed by atoms with E-state index < -0.39 is 0 Å². The first-order valence-corrected chi connectivity index (χ1v) is 11.8. The minimum absolute atomic E-state index is 0.0614. The molecule has 3 rings (SSSR count). The summed E-state index contributed by atoms with van der Waals surface area (Å²) in [6, 6.07) is 14.2. The van der Waals surface area contributed by atoms with Crippen molar-refractivity contribution < 1.29 is 4.79 Å². The third kappa shape index (κ3) is 5.31. The highest BCUT2D eigenvalue weighted by Crippen LogP contribution is 2.28. The van der Waals surface area contributed by atoms with Crippen LogP contribution in [0.2, 0.25) is 0 Å². The van der Waals surface area contributed by atoms with Crippen molar-refractivity contribution in [3.63, 3.8) is 0 Å². The number of thioether (sulfide) groups is 1. The number of carbonyl (C=O) groups excluding carboxylic acids is 1. The first-order chi connectivity index (χ1) is 14.4. The normalized spacial score (nSPS) is 11.0. The molecule has 1 aromatic heterocycles. The number of halogens is 1. The molecule has 0 aliphatic heterocycles. The Balaban J connectivity index is 1.76. The number of allylic oxidation sites excluding steroid dienone is 1. The molecular formula is C23H25IN4OS. The molecule has 0 fully saturated rings. The van der Waals surface area contributed by atoms with Gasteiger partial charge in [-0.05, 0) is 64.8 Å². The highest BCUT2D eigenvalue weighted by atomic mass is 127. The molecule has 2 aromatic carbocycles. The number of aromatic nitrogens is 3. The quantitative estimate of drug-likeness (QED) is 0.223. The number of carbonyl (C=O) groups is 1. The number of nitrogens with zero attached hydrogens (tertiary/aromatic N) is 3. The summed E-state index contributed by atoms with van der Waals surface area (Å²) in [6.07, 6.45) is 1.82. The van der Waals surface area contributed by atoms with E-state index in [-0.39, 0.29) is 11.7 Å². The van der Waals surface area contributed by atoms with Crippen LogP contribution in [0.3, 0.4) is 0 Å². The first-order valence-electron chi connectivity index (χ1n) is 9.73. The lowest BCUT2D eigenvalue weighted by Crippen LogP contribution is -2.16. The van der Waals surface area contributed by atoms with Gasteiger partial charge < -0.3 is 5.32 Å². The molecular weight excluding hydrogens is 507 g/mol. The molecule has 0 radical (unpaired) electrons. The summed E-state index contributed by atoms with van der Waals surface area (Å²) < 4.78 is 3.16. The Labute approximate surface area is 195 Å². The van der Waals surface area contributed by atoms with E-state index in [0.717, 1.165) is 31.8 Å². The molecule has 7 heteroatoms. The highest BCUT2D eigenvalue weighted by Gasteiger charge is 2.17. The van der Waals surface area contributed by atoms with Gasteiger partial charge in [0.1, 0.15) is 0 Å². The minimum atomic E-state index is -0.0614.